The highest BCUT2D eigenvalue weighted by atomic mass is 16.5. The molecule has 0 fully saturated rings. The van der Waals surface area contributed by atoms with E-state index >= 15 is 0 Å². The summed E-state index contributed by atoms with van der Waals surface area (Å²) in [6, 6.07) is 12.3. The number of aromatic carboxylic acids is 1. The molecule has 0 aromatic heterocycles. The SMILES string of the molecule is O=C(O)COc1cccc(CC(=O)NC(Cc2cccc(C(=O)O)c2)B(O)O)c1. The summed E-state index contributed by atoms with van der Waals surface area (Å²) >= 11 is 0. The van der Waals surface area contributed by atoms with Crippen molar-refractivity contribution in [2.75, 3.05) is 6.61 Å². The van der Waals surface area contributed by atoms with E-state index in [0.29, 0.717) is 16.9 Å². The third-order valence-corrected chi connectivity index (χ3v) is 3.96. The molecule has 0 saturated heterocycles. The van der Waals surface area contributed by atoms with Crippen LogP contribution in [0.15, 0.2) is 48.5 Å². The second-order valence-corrected chi connectivity index (χ2v) is 6.30. The third kappa shape index (κ3) is 7.28. The van der Waals surface area contributed by atoms with Crippen molar-refractivity contribution in [3.63, 3.8) is 0 Å². The van der Waals surface area contributed by atoms with E-state index in [1.807, 2.05) is 0 Å². The van der Waals surface area contributed by atoms with Crippen LogP contribution < -0.4 is 10.1 Å². The number of hydrogen-bond acceptors (Lipinski definition) is 6. The van der Waals surface area contributed by atoms with Crippen LogP contribution in [-0.4, -0.2) is 57.8 Å². The summed E-state index contributed by atoms with van der Waals surface area (Å²) in [6.45, 7) is -0.510. The van der Waals surface area contributed by atoms with Gasteiger partial charge in [-0.3, -0.25) is 4.79 Å². The monoisotopic (exact) mass is 401 g/mol. The molecule has 0 aliphatic rings. The van der Waals surface area contributed by atoms with Gasteiger partial charge in [-0.05, 0) is 41.8 Å². The molecule has 0 saturated carbocycles. The molecule has 10 heteroatoms. The normalized spacial score (nSPS) is 11.4. The zero-order valence-electron chi connectivity index (χ0n) is 15.3. The number of nitrogens with one attached hydrogen (secondary N) is 1. The first kappa shape index (κ1) is 21.9. The Labute approximate surface area is 166 Å². The van der Waals surface area contributed by atoms with Gasteiger partial charge in [-0.2, -0.15) is 0 Å². The Kier molecular flexibility index (Phi) is 7.75. The van der Waals surface area contributed by atoms with Crippen LogP contribution in [-0.2, 0) is 22.4 Å². The number of carboxylic acids is 2. The fourth-order valence-corrected chi connectivity index (χ4v) is 2.65. The summed E-state index contributed by atoms with van der Waals surface area (Å²) in [4.78, 5) is 33.9. The minimum atomic E-state index is -1.85. The average molecular weight is 401 g/mol. The molecule has 0 radical (unpaired) electrons. The molecule has 0 aliphatic heterocycles. The van der Waals surface area contributed by atoms with Crippen LogP contribution in [0.3, 0.4) is 0 Å². The lowest BCUT2D eigenvalue weighted by Gasteiger charge is -2.18. The van der Waals surface area contributed by atoms with Crippen molar-refractivity contribution in [3.05, 3.63) is 65.2 Å². The smallest absolute Gasteiger partial charge is 0.475 e. The lowest BCUT2D eigenvalue weighted by atomic mass is 9.75. The summed E-state index contributed by atoms with van der Waals surface area (Å²) in [6.07, 6.45) is -0.0745. The fraction of sp³-hybridized carbons (Fsp3) is 0.211. The molecule has 0 aliphatic carbocycles. The highest BCUT2D eigenvalue weighted by Gasteiger charge is 2.26. The van der Waals surface area contributed by atoms with Gasteiger partial charge in [0.05, 0.1) is 17.9 Å². The predicted molar refractivity (Wildman–Crippen MR) is 103 cm³/mol. The van der Waals surface area contributed by atoms with Gasteiger partial charge in [-0.15, -0.1) is 0 Å². The molecule has 0 heterocycles. The average Bonchev–Trinajstić information content (AvgIpc) is 2.66. The molecule has 0 spiro atoms. The fourth-order valence-electron chi connectivity index (χ4n) is 2.65. The van der Waals surface area contributed by atoms with Crippen LogP contribution in [0.1, 0.15) is 21.5 Å². The Balaban J connectivity index is 2.01. The first-order chi connectivity index (χ1) is 13.7. The first-order valence-electron chi connectivity index (χ1n) is 8.66. The summed E-state index contributed by atoms with van der Waals surface area (Å²) in [7, 11) is -1.85. The van der Waals surface area contributed by atoms with Crippen molar-refractivity contribution >= 4 is 25.0 Å². The number of amides is 1. The predicted octanol–water partition coefficient (Wildman–Crippen LogP) is 0.130. The number of benzene rings is 2. The number of rotatable bonds is 10. The zero-order valence-corrected chi connectivity index (χ0v) is 15.3. The number of carboxylic acid groups (broad SMARTS) is 2. The summed E-state index contributed by atoms with van der Waals surface area (Å²) in [5.74, 6) is -3.48. The van der Waals surface area contributed by atoms with Gasteiger partial charge in [0.15, 0.2) is 6.61 Å². The lowest BCUT2D eigenvalue weighted by Crippen LogP contribution is -2.48. The van der Waals surface area contributed by atoms with Gasteiger partial charge < -0.3 is 30.3 Å². The minimum Gasteiger partial charge on any atom is -0.482 e. The van der Waals surface area contributed by atoms with Crippen LogP contribution in [0.25, 0.3) is 0 Å². The standard InChI is InChI=1S/C19H20BNO8/c22-17(10-13-4-2-6-15(8-13)29-11-18(23)24)21-16(20(27)28)9-12-3-1-5-14(7-12)19(25)26/h1-8,16,27-28H,9-11H2,(H,21,22)(H,23,24)(H,25,26). The van der Waals surface area contributed by atoms with E-state index in [9.17, 15) is 24.4 Å². The van der Waals surface area contributed by atoms with Crippen LogP contribution in [0, 0.1) is 0 Å². The molecule has 2 aromatic carbocycles. The second-order valence-electron chi connectivity index (χ2n) is 6.30. The number of aliphatic carboxylic acids is 1. The van der Waals surface area contributed by atoms with Gasteiger partial charge in [-0.1, -0.05) is 24.3 Å². The van der Waals surface area contributed by atoms with Crippen molar-refractivity contribution in [2.45, 2.75) is 18.8 Å². The van der Waals surface area contributed by atoms with E-state index in [1.165, 1.54) is 24.3 Å². The molecule has 5 N–H and O–H groups in total. The molecule has 1 unspecified atom stereocenters. The van der Waals surface area contributed by atoms with E-state index in [1.54, 1.807) is 24.3 Å². The maximum atomic E-state index is 12.3. The van der Waals surface area contributed by atoms with Gasteiger partial charge in [0.25, 0.3) is 0 Å². The van der Waals surface area contributed by atoms with Crippen LogP contribution in [0.2, 0.25) is 0 Å². The molecular weight excluding hydrogens is 381 g/mol. The first-order valence-corrected chi connectivity index (χ1v) is 8.66. The van der Waals surface area contributed by atoms with Gasteiger partial charge in [0.1, 0.15) is 5.75 Å². The van der Waals surface area contributed by atoms with Gasteiger partial charge in [-0.25, -0.2) is 9.59 Å². The largest absolute Gasteiger partial charge is 0.482 e. The maximum Gasteiger partial charge on any atom is 0.475 e. The number of carbonyl (C=O) groups is 3. The Morgan fingerprint density at radius 3 is 2.34 bits per heavy atom. The topological polar surface area (TPSA) is 153 Å². The van der Waals surface area contributed by atoms with E-state index < -0.39 is 37.5 Å². The molecule has 152 valence electrons. The Morgan fingerprint density at radius 2 is 1.69 bits per heavy atom. The van der Waals surface area contributed by atoms with Crippen LogP contribution >= 0.6 is 0 Å². The van der Waals surface area contributed by atoms with E-state index in [2.05, 4.69) is 5.32 Å². The third-order valence-electron chi connectivity index (χ3n) is 3.96. The van der Waals surface area contributed by atoms with Gasteiger partial charge >= 0.3 is 19.1 Å². The highest BCUT2D eigenvalue weighted by molar-refractivity contribution is 6.43. The highest BCUT2D eigenvalue weighted by Crippen LogP contribution is 2.14. The molecule has 2 rings (SSSR count). The second kappa shape index (κ2) is 10.3. The molecular formula is C19H20BNO8. The van der Waals surface area contributed by atoms with E-state index in [-0.39, 0.29) is 18.4 Å². The Morgan fingerprint density at radius 1 is 1.00 bits per heavy atom. The minimum absolute atomic E-state index is 0.0201. The zero-order chi connectivity index (χ0) is 21.4. The number of carbonyl (C=O) groups excluding carboxylic acids is 1. The van der Waals surface area contributed by atoms with E-state index in [4.69, 9.17) is 14.9 Å². The molecule has 0 bridgehead atoms. The quantitative estimate of drug-likeness (QED) is 0.352. The summed E-state index contributed by atoms with van der Waals surface area (Å²) < 4.78 is 5.06. The van der Waals surface area contributed by atoms with Crippen molar-refractivity contribution in [1.82, 2.24) is 5.32 Å². The molecule has 1 amide bonds. The Hall–Kier alpha value is -3.37. The van der Waals surface area contributed by atoms with Crippen molar-refractivity contribution in [2.24, 2.45) is 0 Å². The molecule has 29 heavy (non-hydrogen) atoms. The molecule has 9 nitrogen and oxygen atoms in total. The van der Waals surface area contributed by atoms with Crippen molar-refractivity contribution < 1.29 is 39.4 Å². The van der Waals surface area contributed by atoms with Crippen molar-refractivity contribution in [3.8, 4) is 5.75 Å². The van der Waals surface area contributed by atoms with Gasteiger partial charge in [0.2, 0.25) is 5.91 Å². The maximum absolute atomic E-state index is 12.3. The summed E-state index contributed by atoms with van der Waals surface area (Å²) in [5, 5.41) is 39.4. The number of hydrogen-bond donors (Lipinski definition) is 5. The number of ether oxygens (including phenoxy) is 1. The van der Waals surface area contributed by atoms with Gasteiger partial charge in [0, 0.05) is 0 Å². The van der Waals surface area contributed by atoms with Crippen molar-refractivity contribution in [1.29, 1.82) is 0 Å². The molecule has 1 atom stereocenters. The van der Waals surface area contributed by atoms with Crippen LogP contribution in [0.5, 0.6) is 5.75 Å². The van der Waals surface area contributed by atoms with Crippen LogP contribution in [0.4, 0.5) is 0 Å². The summed E-state index contributed by atoms with van der Waals surface area (Å²) in [5.41, 5.74) is 1.12. The lowest BCUT2D eigenvalue weighted by molar-refractivity contribution is -0.139. The Bertz CT molecular complexity index is 886. The van der Waals surface area contributed by atoms with E-state index in [0.717, 1.165) is 0 Å². The molecule has 2 aromatic rings.